The Morgan fingerprint density at radius 1 is 1.10 bits per heavy atom. The molecule has 0 aliphatic heterocycles. The fourth-order valence-electron chi connectivity index (χ4n) is 2.82. The van der Waals surface area contributed by atoms with Crippen molar-refractivity contribution in [3.63, 3.8) is 0 Å². The van der Waals surface area contributed by atoms with Crippen molar-refractivity contribution in [1.82, 2.24) is 4.57 Å². The Balaban J connectivity index is 1.70. The first-order chi connectivity index (χ1) is 13.9. The minimum atomic E-state index is -1.03. The topological polar surface area (TPSA) is 88.8 Å². The summed E-state index contributed by atoms with van der Waals surface area (Å²) in [5.41, 5.74) is 1.80. The maximum absolute atomic E-state index is 12.7. The van der Waals surface area contributed by atoms with E-state index in [9.17, 15) is 14.7 Å². The van der Waals surface area contributed by atoms with Gasteiger partial charge in [0.05, 0.1) is 5.69 Å². The first-order valence-electron chi connectivity index (χ1n) is 9.09. The van der Waals surface area contributed by atoms with E-state index in [2.05, 4.69) is 0 Å². The molecule has 6 heteroatoms. The predicted molar refractivity (Wildman–Crippen MR) is 109 cm³/mol. The summed E-state index contributed by atoms with van der Waals surface area (Å²) in [4.78, 5) is 23.6. The molecule has 0 saturated heterocycles. The van der Waals surface area contributed by atoms with Gasteiger partial charge in [-0.1, -0.05) is 36.4 Å². The molecule has 6 nitrogen and oxygen atoms in total. The number of benzene rings is 2. The van der Waals surface area contributed by atoms with Gasteiger partial charge in [0, 0.05) is 18.3 Å². The average molecular weight is 391 g/mol. The molecule has 0 unspecified atom stereocenters. The Bertz CT molecular complexity index is 1050. The normalized spacial score (nSPS) is 12.0. The molecule has 0 fully saturated rings. The third-order valence-electron chi connectivity index (χ3n) is 4.30. The second kappa shape index (κ2) is 8.93. The number of aromatic hydroxyl groups is 1. The Kier molecular flexibility index (Phi) is 6.14. The molecule has 0 aliphatic carbocycles. The summed E-state index contributed by atoms with van der Waals surface area (Å²) in [5, 5.41) is 18.5. The van der Waals surface area contributed by atoms with Gasteiger partial charge in [0.2, 0.25) is 5.78 Å². The number of allylic oxidation sites excluding steroid dienone is 1. The number of phenolic OH excluding ortho intramolecular Hbond substituents is 1. The van der Waals surface area contributed by atoms with Crippen molar-refractivity contribution < 1.29 is 24.5 Å². The van der Waals surface area contributed by atoms with Crippen LogP contribution >= 0.6 is 0 Å². The standard InChI is InChI=1S/C23H21NO5/c1-16(23(27)28)29-20-10-2-6-17(14-20)7-4-12-24-13-5-11-21(24)22(26)18-8-3-9-19(25)15-18/h2-11,13-16,25H,12H2,1H3,(H,27,28)/b7-4+/t16-/m0/s1. The molecule has 0 aliphatic rings. The van der Waals surface area contributed by atoms with E-state index >= 15 is 0 Å². The number of ketones is 1. The summed E-state index contributed by atoms with van der Waals surface area (Å²) in [6, 6.07) is 16.9. The van der Waals surface area contributed by atoms with Gasteiger partial charge in [-0.3, -0.25) is 4.79 Å². The number of carbonyl (C=O) groups excluding carboxylic acids is 1. The third-order valence-corrected chi connectivity index (χ3v) is 4.30. The van der Waals surface area contributed by atoms with Crippen LogP contribution in [0.3, 0.4) is 0 Å². The van der Waals surface area contributed by atoms with Crippen molar-refractivity contribution in [2.24, 2.45) is 0 Å². The zero-order valence-corrected chi connectivity index (χ0v) is 15.9. The Labute approximate surface area is 168 Å². The van der Waals surface area contributed by atoms with Gasteiger partial charge in [-0.15, -0.1) is 0 Å². The van der Waals surface area contributed by atoms with Crippen molar-refractivity contribution in [3.05, 3.63) is 89.8 Å². The fraction of sp³-hybridized carbons (Fsp3) is 0.130. The molecule has 3 rings (SSSR count). The number of rotatable bonds is 8. The molecule has 2 aromatic carbocycles. The van der Waals surface area contributed by atoms with E-state index in [0.29, 0.717) is 23.6 Å². The molecule has 1 heterocycles. The molecule has 0 saturated carbocycles. The van der Waals surface area contributed by atoms with E-state index in [-0.39, 0.29) is 11.5 Å². The smallest absolute Gasteiger partial charge is 0.344 e. The van der Waals surface area contributed by atoms with Crippen LogP contribution in [-0.4, -0.2) is 32.6 Å². The lowest BCUT2D eigenvalue weighted by Gasteiger charge is -2.10. The van der Waals surface area contributed by atoms with Gasteiger partial charge >= 0.3 is 5.97 Å². The Hall–Kier alpha value is -3.80. The molecular formula is C23H21NO5. The molecule has 148 valence electrons. The predicted octanol–water partition coefficient (Wildman–Crippen LogP) is 3.99. The first kappa shape index (κ1) is 19.9. The lowest BCUT2D eigenvalue weighted by atomic mass is 10.1. The number of carboxylic acids is 1. The number of nitrogens with zero attached hydrogens (tertiary/aromatic N) is 1. The van der Waals surface area contributed by atoms with E-state index < -0.39 is 12.1 Å². The zero-order chi connectivity index (χ0) is 20.8. The molecule has 0 amide bonds. The molecular weight excluding hydrogens is 370 g/mol. The lowest BCUT2D eigenvalue weighted by Crippen LogP contribution is -2.22. The molecule has 2 N–H and O–H groups in total. The van der Waals surface area contributed by atoms with Crippen molar-refractivity contribution in [1.29, 1.82) is 0 Å². The summed E-state index contributed by atoms with van der Waals surface area (Å²) >= 11 is 0. The number of ether oxygens (including phenoxy) is 1. The molecule has 0 radical (unpaired) electrons. The molecule has 0 spiro atoms. The van der Waals surface area contributed by atoms with Gasteiger partial charge in [0.25, 0.3) is 0 Å². The van der Waals surface area contributed by atoms with Crippen LogP contribution < -0.4 is 4.74 Å². The number of hydrogen-bond acceptors (Lipinski definition) is 4. The fourth-order valence-corrected chi connectivity index (χ4v) is 2.82. The highest BCUT2D eigenvalue weighted by Crippen LogP contribution is 2.18. The zero-order valence-electron chi connectivity index (χ0n) is 15.9. The molecule has 1 aromatic heterocycles. The van der Waals surface area contributed by atoms with E-state index in [1.165, 1.54) is 19.1 Å². The highest BCUT2D eigenvalue weighted by atomic mass is 16.5. The number of phenols is 1. The van der Waals surface area contributed by atoms with Gasteiger partial charge in [-0.05, 0) is 48.9 Å². The van der Waals surface area contributed by atoms with Crippen LogP contribution in [0.25, 0.3) is 6.08 Å². The lowest BCUT2D eigenvalue weighted by molar-refractivity contribution is -0.144. The molecule has 29 heavy (non-hydrogen) atoms. The van der Waals surface area contributed by atoms with Crippen LogP contribution in [0.5, 0.6) is 11.5 Å². The van der Waals surface area contributed by atoms with Crippen molar-refractivity contribution >= 4 is 17.8 Å². The van der Waals surface area contributed by atoms with Crippen LogP contribution in [-0.2, 0) is 11.3 Å². The number of hydrogen-bond donors (Lipinski definition) is 2. The monoisotopic (exact) mass is 391 g/mol. The van der Waals surface area contributed by atoms with Gasteiger partial charge < -0.3 is 19.5 Å². The molecule has 0 bridgehead atoms. The second-order valence-electron chi connectivity index (χ2n) is 6.50. The Morgan fingerprint density at radius 2 is 1.90 bits per heavy atom. The van der Waals surface area contributed by atoms with E-state index in [1.54, 1.807) is 42.5 Å². The van der Waals surface area contributed by atoms with Crippen LogP contribution in [0.15, 0.2) is 72.9 Å². The van der Waals surface area contributed by atoms with Gasteiger partial charge in [-0.25, -0.2) is 4.79 Å². The van der Waals surface area contributed by atoms with Gasteiger partial charge in [0.15, 0.2) is 6.10 Å². The van der Waals surface area contributed by atoms with Crippen molar-refractivity contribution in [2.75, 3.05) is 0 Å². The number of carboxylic acid groups (broad SMARTS) is 1. The summed E-state index contributed by atoms with van der Waals surface area (Å²) in [7, 11) is 0. The van der Waals surface area contributed by atoms with Gasteiger partial charge in [-0.2, -0.15) is 0 Å². The van der Waals surface area contributed by atoms with Gasteiger partial charge in [0.1, 0.15) is 11.5 Å². The summed E-state index contributed by atoms with van der Waals surface area (Å²) in [5.74, 6) is -0.671. The quantitative estimate of drug-likeness (QED) is 0.567. The number of aliphatic carboxylic acids is 1. The minimum Gasteiger partial charge on any atom is -0.508 e. The summed E-state index contributed by atoms with van der Waals surface area (Å²) in [6.45, 7) is 1.95. The molecule has 3 aromatic rings. The van der Waals surface area contributed by atoms with Crippen LogP contribution in [0.2, 0.25) is 0 Å². The van der Waals surface area contributed by atoms with Crippen LogP contribution in [0.4, 0.5) is 0 Å². The Morgan fingerprint density at radius 3 is 2.66 bits per heavy atom. The average Bonchev–Trinajstić information content (AvgIpc) is 3.16. The van der Waals surface area contributed by atoms with Crippen molar-refractivity contribution in [2.45, 2.75) is 19.6 Å². The maximum atomic E-state index is 12.7. The summed E-state index contributed by atoms with van der Waals surface area (Å²) < 4.78 is 7.19. The number of aromatic nitrogens is 1. The highest BCUT2D eigenvalue weighted by molar-refractivity contribution is 6.08. The first-order valence-corrected chi connectivity index (χ1v) is 9.09. The second-order valence-corrected chi connectivity index (χ2v) is 6.50. The SMILES string of the molecule is C[C@H](Oc1cccc(/C=C/Cn2cccc2C(=O)c2cccc(O)c2)c1)C(=O)O. The van der Waals surface area contributed by atoms with E-state index in [0.717, 1.165) is 5.56 Å². The third kappa shape index (κ3) is 5.13. The highest BCUT2D eigenvalue weighted by Gasteiger charge is 2.14. The summed E-state index contributed by atoms with van der Waals surface area (Å²) in [6.07, 6.45) is 4.66. The van der Waals surface area contributed by atoms with E-state index in [1.807, 2.05) is 29.0 Å². The maximum Gasteiger partial charge on any atom is 0.344 e. The molecule has 1 atom stereocenters. The number of carbonyl (C=O) groups is 2. The van der Waals surface area contributed by atoms with Crippen molar-refractivity contribution in [3.8, 4) is 11.5 Å². The minimum absolute atomic E-state index is 0.0492. The largest absolute Gasteiger partial charge is 0.508 e. The van der Waals surface area contributed by atoms with Crippen LogP contribution in [0, 0.1) is 0 Å². The van der Waals surface area contributed by atoms with E-state index in [4.69, 9.17) is 9.84 Å². The van der Waals surface area contributed by atoms with Crippen LogP contribution in [0.1, 0.15) is 28.5 Å².